The van der Waals surface area contributed by atoms with Gasteiger partial charge in [0.25, 0.3) is 5.91 Å². The quantitative estimate of drug-likeness (QED) is 0.740. The molecule has 0 aromatic heterocycles. The summed E-state index contributed by atoms with van der Waals surface area (Å²) in [5.41, 5.74) is 0.457. The van der Waals surface area contributed by atoms with E-state index in [4.69, 9.17) is 5.11 Å². The van der Waals surface area contributed by atoms with Crippen molar-refractivity contribution in [3.63, 3.8) is 0 Å². The van der Waals surface area contributed by atoms with Crippen LogP contribution in [0.5, 0.6) is 0 Å². The second kappa shape index (κ2) is 8.39. The highest BCUT2D eigenvalue weighted by Crippen LogP contribution is 2.26. The first kappa shape index (κ1) is 18.6. The van der Waals surface area contributed by atoms with Gasteiger partial charge in [0, 0.05) is 17.8 Å². The van der Waals surface area contributed by atoms with E-state index in [1.807, 2.05) is 18.7 Å². The Kier molecular flexibility index (Phi) is 6.51. The molecule has 1 aliphatic carbocycles. The van der Waals surface area contributed by atoms with Gasteiger partial charge in [0.05, 0.1) is 27.8 Å². The normalized spacial score (nSPS) is 21.1. The van der Waals surface area contributed by atoms with Crippen molar-refractivity contribution in [2.75, 3.05) is 18.8 Å². The largest absolute Gasteiger partial charge is 0.480 e. The number of likely N-dealkylation sites (N-methyl/N-ethyl adjacent to an activating group) is 1. The molecule has 7 heteroatoms. The Hall–Kier alpha value is -1.73. The molecule has 24 heavy (non-hydrogen) atoms. The first-order chi connectivity index (χ1) is 11.5. The van der Waals surface area contributed by atoms with Crippen LogP contribution in [0.4, 0.5) is 0 Å². The van der Waals surface area contributed by atoms with E-state index < -0.39 is 16.8 Å². The third-order valence-corrected chi connectivity index (χ3v) is 5.72. The highest BCUT2D eigenvalue weighted by molar-refractivity contribution is 7.85. The fourth-order valence-corrected chi connectivity index (χ4v) is 3.90. The molecule has 1 amide bonds. The monoisotopic (exact) mass is 352 g/mol. The van der Waals surface area contributed by atoms with Crippen LogP contribution in [0.1, 0.15) is 37.0 Å². The van der Waals surface area contributed by atoms with Crippen LogP contribution in [0.3, 0.4) is 0 Å². The maximum Gasteiger partial charge on any atom is 0.317 e. The van der Waals surface area contributed by atoms with Gasteiger partial charge in [0.2, 0.25) is 0 Å². The minimum Gasteiger partial charge on any atom is -0.480 e. The average molecular weight is 352 g/mol. The standard InChI is InChI=1S/C17H24N2O4S/c1-3-19(11-16(20)21)13-9-12(10-13)18-17(22)14-7-5-6-8-15(14)24(23)4-2/h5-8,12-13H,3-4,9-11H2,1-2H3,(H,18,22)(H,20,21). The zero-order valence-corrected chi connectivity index (χ0v) is 14.8. The summed E-state index contributed by atoms with van der Waals surface area (Å²) in [7, 11) is -1.18. The lowest BCUT2D eigenvalue weighted by atomic mass is 9.85. The lowest BCUT2D eigenvalue weighted by molar-refractivity contribution is -0.139. The summed E-state index contributed by atoms with van der Waals surface area (Å²) in [6.45, 7) is 4.46. The maximum atomic E-state index is 12.5. The molecule has 1 fully saturated rings. The van der Waals surface area contributed by atoms with Crippen molar-refractivity contribution in [1.29, 1.82) is 0 Å². The van der Waals surface area contributed by atoms with Crippen LogP contribution < -0.4 is 5.32 Å². The molecule has 1 unspecified atom stereocenters. The fraction of sp³-hybridized carbons (Fsp3) is 0.529. The van der Waals surface area contributed by atoms with Gasteiger partial charge in [-0.2, -0.15) is 0 Å². The van der Waals surface area contributed by atoms with Crippen molar-refractivity contribution in [3.05, 3.63) is 29.8 Å². The van der Waals surface area contributed by atoms with Crippen LogP contribution in [-0.2, 0) is 15.6 Å². The molecule has 0 radical (unpaired) electrons. The first-order valence-electron chi connectivity index (χ1n) is 8.20. The number of nitrogens with zero attached hydrogens (tertiary/aromatic N) is 1. The van der Waals surface area contributed by atoms with Gasteiger partial charge >= 0.3 is 5.97 Å². The molecule has 0 spiro atoms. The number of hydrogen-bond acceptors (Lipinski definition) is 4. The lowest BCUT2D eigenvalue weighted by Gasteiger charge is -2.42. The Morgan fingerprint density at radius 3 is 2.54 bits per heavy atom. The number of benzene rings is 1. The predicted molar refractivity (Wildman–Crippen MR) is 92.6 cm³/mol. The lowest BCUT2D eigenvalue weighted by Crippen LogP contribution is -2.54. The molecule has 1 aromatic carbocycles. The number of carbonyl (C=O) groups excluding carboxylic acids is 1. The molecule has 1 saturated carbocycles. The van der Waals surface area contributed by atoms with Gasteiger partial charge in [-0.1, -0.05) is 26.0 Å². The number of carboxylic acids is 1. The van der Waals surface area contributed by atoms with Gasteiger partial charge in [0.15, 0.2) is 0 Å². The van der Waals surface area contributed by atoms with E-state index in [1.54, 1.807) is 24.3 Å². The number of carbonyl (C=O) groups is 2. The van der Waals surface area contributed by atoms with E-state index in [1.165, 1.54) is 0 Å². The van der Waals surface area contributed by atoms with E-state index in [0.717, 1.165) is 12.8 Å². The molecule has 1 aliphatic rings. The van der Waals surface area contributed by atoms with Crippen LogP contribution in [0.15, 0.2) is 29.2 Å². The number of rotatable bonds is 8. The first-order valence-corrected chi connectivity index (χ1v) is 9.52. The van der Waals surface area contributed by atoms with Gasteiger partial charge in [-0.3, -0.25) is 18.7 Å². The Balaban J connectivity index is 1.94. The summed E-state index contributed by atoms with van der Waals surface area (Å²) in [4.78, 5) is 25.8. The third kappa shape index (κ3) is 4.42. The zero-order valence-electron chi connectivity index (χ0n) is 14.0. The molecule has 2 N–H and O–H groups in total. The molecular weight excluding hydrogens is 328 g/mol. The van der Waals surface area contributed by atoms with Crippen molar-refractivity contribution >= 4 is 22.7 Å². The average Bonchev–Trinajstić information content (AvgIpc) is 2.54. The molecule has 6 nitrogen and oxygen atoms in total. The van der Waals surface area contributed by atoms with Crippen LogP contribution >= 0.6 is 0 Å². The van der Waals surface area contributed by atoms with Gasteiger partial charge in [-0.05, 0) is 31.5 Å². The van der Waals surface area contributed by atoms with Crippen molar-refractivity contribution in [2.24, 2.45) is 0 Å². The van der Waals surface area contributed by atoms with Crippen LogP contribution in [0.25, 0.3) is 0 Å². The topological polar surface area (TPSA) is 86.7 Å². The number of hydrogen-bond donors (Lipinski definition) is 2. The summed E-state index contributed by atoms with van der Waals surface area (Å²) < 4.78 is 12.1. The number of amides is 1. The molecule has 0 heterocycles. The highest BCUT2D eigenvalue weighted by Gasteiger charge is 2.35. The molecule has 1 atom stereocenters. The van der Waals surface area contributed by atoms with E-state index >= 15 is 0 Å². The van der Waals surface area contributed by atoms with Crippen LogP contribution in [-0.4, -0.2) is 57.0 Å². The van der Waals surface area contributed by atoms with E-state index in [-0.39, 0.29) is 24.5 Å². The van der Waals surface area contributed by atoms with Gasteiger partial charge in [0.1, 0.15) is 0 Å². The highest BCUT2D eigenvalue weighted by atomic mass is 32.2. The third-order valence-electron chi connectivity index (χ3n) is 4.35. The smallest absolute Gasteiger partial charge is 0.317 e. The molecule has 1 aromatic rings. The van der Waals surface area contributed by atoms with Gasteiger partial charge < -0.3 is 10.4 Å². The van der Waals surface area contributed by atoms with E-state index in [9.17, 15) is 13.8 Å². The summed E-state index contributed by atoms with van der Waals surface area (Å²) in [6.07, 6.45) is 1.48. The Bertz CT molecular complexity index is 629. The Labute approximate surface area is 144 Å². The number of nitrogens with one attached hydrogen (secondary N) is 1. The summed E-state index contributed by atoms with van der Waals surface area (Å²) in [5, 5.41) is 11.9. The van der Waals surface area contributed by atoms with Crippen molar-refractivity contribution < 1.29 is 18.9 Å². The maximum absolute atomic E-state index is 12.5. The minimum absolute atomic E-state index is 0.0279. The van der Waals surface area contributed by atoms with E-state index in [0.29, 0.717) is 22.8 Å². The minimum atomic E-state index is -1.18. The summed E-state index contributed by atoms with van der Waals surface area (Å²) >= 11 is 0. The second-order valence-electron chi connectivity index (χ2n) is 5.88. The van der Waals surface area contributed by atoms with Gasteiger partial charge in [-0.15, -0.1) is 0 Å². The zero-order chi connectivity index (χ0) is 17.7. The van der Waals surface area contributed by atoms with Gasteiger partial charge in [-0.25, -0.2) is 0 Å². The number of carboxylic acid groups (broad SMARTS) is 1. The molecule has 132 valence electrons. The van der Waals surface area contributed by atoms with Crippen LogP contribution in [0, 0.1) is 0 Å². The predicted octanol–water partition coefficient (Wildman–Crippen LogP) is 1.48. The second-order valence-corrected chi connectivity index (χ2v) is 7.59. The van der Waals surface area contributed by atoms with Crippen LogP contribution in [0.2, 0.25) is 0 Å². The fourth-order valence-electron chi connectivity index (χ4n) is 2.95. The molecule has 0 bridgehead atoms. The van der Waals surface area contributed by atoms with Crippen molar-refractivity contribution in [2.45, 2.75) is 43.7 Å². The summed E-state index contributed by atoms with van der Waals surface area (Å²) in [6, 6.07) is 7.19. The summed E-state index contributed by atoms with van der Waals surface area (Å²) in [5.74, 6) is -0.575. The molecule has 2 rings (SSSR count). The Morgan fingerprint density at radius 2 is 1.96 bits per heavy atom. The van der Waals surface area contributed by atoms with Crippen molar-refractivity contribution in [1.82, 2.24) is 10.2 Å². The molecular formula is C17H24N2O4S. The van der Waals surface area contributed by atoms with E-state index in [2.05, 4.69) is 5.32 Å². The number of aliphatic carboxylic acids is 1. The molecule has 0 saturated heterocycles. The molecule has 0 aliphatic heterocycles. The Morgan fingerprint density at radius 1 is 1.29 bits per heavy atom. The SMILES string of the molecule is CCN(CC(=O)O)C1CC(NC(=O)c2ccccc2S(=O)CC)C1. The van der Waals surface area contributed by atoms with Crippen molar-refractivity contribution in [3.8, 4) is 0 Å².